The van der Waals surface area contributed by atoms with E-state index < -0.39 is 0 Å². The summed E-state index contributed by atoms with van der Waals surface area (Å²) in [6, 6.07) is 82.0. The van der Waals surface area contributed by atoms with Crippen LogP contribution in [0.2, 0.25) is 0 Å². The first-order chi connectivity index (χ1) is 28.7. The first-order valence-corrected chi connectivity index (χ1v) is 20.6. The van der Waals surface area contributed by atoms with Crippen molar-refractivity contribution in [2.45, 2.75) is 0 Å². The van der Waals surface area contributed by atoms with Gasteiger partial charge in [-0.05, 0) is 115 Å². The molecule has 0 saturated carbocycles. The molecule has 0 aliphatic carbocycles. The highest BCUT2D eigenvalue weighted by Gasteiger charge is 2.19. The van der Waals surface area contributed by atoms with E-state index in [0.29, 0.717) is 0 Å². The van der Waals surface area contributed by atoms with Crippen LogP contribution in [0.4, 0.5) is 17.1 Å². The van der Waals surface area contributed by atoms with Crippen molar-refractivity contribution in [3.8, 4) is 44.5 Å². The van der Waals surface area contributed by atoms with Crippen LogP contribution in [0, 0.1) is 0 Å². The molecule has 1 aromatic heterocycles. The van der Waals surface area contributed by atoms with Crippen LogP contribution in [-0.2, 0) is 0 Å². The standard InChI is InChI=1S/C56H37NS/c1-2-14-41-34-45(27-26-38(41)12-1)43-17-9-16-42(35-43)44-18-10-19-48(36-44)57(47-31-28-40(29-32-47)50-23-11-15-39-13-3-4-20-49(39)50)54-24-7-5-21-51(54)46-30-33-53-52-22-6-8-25-55(52)58-56(53)37-46/h1-37H. The molecule has 1 nitrogen and oxygen atoms in total. The molecule has 0 fully saturated rings. The number of hydrogen-bond donors (Lipinski definition) is 0. The van der Waals surface area contributed by atoms with Crippen LogP contribution >= 0.6 is 11.3 Å². The fourth-order valence-electron chi connectivity index (χ4n) is 8.57. The summed E-state index contributed by atoms with van der Waals surface area (Å²) < 4.78 is 2.62. The van der Waals surface area contributed by atoms with Gasteiger partial charge in [-0.2, -0.15) is 0 Å². The van der Waals surface area contributed by atoms with Gasteiger partial charge in [0, 0.05) is 37.1 Å². The average Bonchev–Trinajstić information content (AvgIpc) is 3.67. The van der Waals surface area contributed by atoms with Crippen molar-refractivity contribution in [1.82, 2.24) is 0 Å². The molecule has 10 aromatic carbocycles. The number of nitrogens with zero attached hydrogens (tertiary/aromatic N) is 1. The van der Waals surface area contributed by atoms with Gasteiger partial charge in [-0.3, -0.25) is 0 Å². The number of rotatable bonds is 7. The Kier molecular flexibility index (Phi) is 8.42. The van der Waals surface area contributed by atoms with E-state index >= 15 is 0 Å². The van der Waals surface area contributed by atoms with Gasteiger partial charge in [0.25, 0.3) is 0 Å². The van der Waals surface area contributed by atoms with Gasteiger partial charge in [-0.25, -0.2) is 0 Å². The van der Waals surface area contributed by atoms with Crippen LogP contribution in [0.1, 0.15) is 0 Å². The van der Waals surface area contributed by atoms with E-state index in [-0.39, 0.29) is 0 Å². The summed E-state index contributed by atoms with van der Waals surface area (Å²) in [6.07, 6.45) is 0. The van der Waals surface area contributed by atoms with Crippen molar-refractivity contribution >= 4 is 70.1 Å². The van der Waals surface area contributed by atoms with E-state index in [4.69, 9.17) is 0 Å². The molecule has 0 atom stereocenters. The smallest absolute Gasteiger partial charge is 0.0540 e. The molecule has 0 radical (unpaired) electrons. The molecule has 0 aliphatic rings. The Labute approximate surface area is 342 Å². The second-order valence-corrected chi connectivity index (χ2v) is 16.0. The van der Waals surface area contributed by atoms with Gasteiger partial charge in [0.05, 0.1) is 5.69 Å². The molecule has 58 heavy (non-hydrogen) atoms. The third kappa shape index (κ3) is 6.12. The third-order valence-corrected chi connectivity index (χ3v) is 12.6. The second-order valence-electron chi connectivity index (χ2n) is 14.9. The van der Waals surface area contributed by atoms with Gasteiger partial charge in [-0.1, -0.05) is 170 Å². The number of hydrogen-bond acceptors (Lipinski definition) is 2. The SMILES string of the molecule is c1cc(-c2cccc(N(c3ccc(-c4cccc5ccccc45)cc3)c3ccccc3-c3ccc4c(c3)sc3ccccc34)c2)cc(-c2ccc3ccccc3c2)c1. The number of fused-ring (bicyclic) bond motifs is 5. The summed E-state index contributed by atoms with van der Waals surface area (Å²) in [5, 5.41) is 7.63. The van der Waals surface area contributed by atoms with Crippen molar-refractivity contribution < 1.29 is 0 Å². The zero-order valence-electron chi connectivity index (χ0n) is 31.7. The molecule has 272 valence electrons. The minimum atomic E-state index is 1.10. The molecular weight excluding hydrogens is 719 g/mol. The van der Waals surface area contributed by atoms with E-state index in [1.807, 2.05) is 11.3 Å². The predicted octanol–water partition coefficient (Wildman–Crippen LogP) is 16.5. The lowest BCUT2D eigenvalue weighted by molar-refractivity contribution is 1.28. The van der Waals surface area contributed by atoms with E-state index in [0.717, 1.165) is 17.1 Å². The van der Waals surface area contributed by atoms with Crippen LogP contribution in [0.5, 0.6) is 0 Å². The summed E-state index contributed by atoms with van der Waals surface area (Å²) in [7, 11) is 0. The highest BCUT2D eigenvalue weighted by Crippen LogP contribution is 2.44. The lowest BCUT2D eigenvalue weighted by Crippen LogP contribution is -2.11. The van der Waals surface area contributed by atoms with Crippen LogP contribution in [0.15, 0.2) is 224 Å². The molecule has 0 aliphatic heterocycles. The van der Waals surface area contributed by atoms with E-state index in [1.165, 1.54) is 86.2 Å². The van der Waals surface area contributed by atoms with Gasteiger partial charge in [-0.15, -0.1) is 11.3 Å². The van der Waals surface area contributed by atoms with Crippen molar-refractivity contribution in [2.75, 3.05) is 4.90 Å². The summed E-state index contributed by atoms with van der Waals surface area (Å²) in [5.41, 5.74) is 12.9. The maximum atomic E-state index is 2.42. The van der Waals surface area contributed by atoms with Gasteiger partial charge in [0.2, 0.25) is 0 Å². The monoisotopic (exact) mass is 755 g/mol. The highest BCUT2D eigenvalue weighted by molar-refractivity contribution is 7.25. The normalized spacial score (nSPS) is 11.4. The molecule has 11 aromatic rings. The van der Waals surface area contributed by atoms with Crippen molar-refractivity contribution in [3.63, 3.8) is 0 Å². The zero-order chi connectivity index (χ0) is 38.4. The largest absolute Gasteiger partial charge is 0.310 e. The summed E-state index contributed by atoms with van der Waals surface area (Å²) in [5.74, 6) is 0. The minimum absolute atomic E-state index is 1.10. The summed E-state index contributed by atoms with van der Waals surface area (Å²) in [4.78, 5) is 2.42. The number of anilines is 3. The van der Waals surface area contributed by atoms with Gasteiger partial charge in [0.15, 0.2) is 0 Å². The Morgan fingerprint density at radius 1 is 0.276 bits per heavy atom. The predicted molar refractivity (Wildman–Crippen MR) is 251 cm³/mol. The molecule has 11 rings (SSSR count). The summed E-state index contributed by atoms with van der Waals surface area (Å²) in [6.45, 7) is 0. The van der Waals surface area contributed by atoms with Crippen molar-refractivity contribution in [3.05, 3.63) is 224 Å². The maximum absolute atomic E-state index is 2.42. The quantitative estimate of drug-likeness (QED) is 0.157. The Morgan fingerprint density at radius 2 is 0.862 bits per heavy atom. The second kappa shape index (κ2) is 14.4. The fourth-order valence-corrected chi connectivity index (χ4v) is 9.72. The molecule has 0 saturated heterocycles. The van der Waals surface area contributed by atoms with Crippen LogP contribution < -0.4 is 4.90 Å². The number of benzene rings is 10. The van der Waals surface area contributed by atoms with E-state index in [1.54, 1.807) is 0 Å². The van der Waals surface area contributed by atoms with Gasteiger partial charge in [0.1, 0.15) is 0 Å². The average molecular weight is 756 g/mol. The van der Waals surface area contributed by atoms with E-state index in [9.17, 15) is 0 Å². The molecule has 2 heteroatoms. The molecule has 0 spiro atoms. The zero-order valence-corrected chi connectivity index (χ0v) is 32.5. The van der Waals surface area contributed by atoms with Gasteiger partial charge < -0.3 is 4.90 Å². The van der Waals surface area contributed by atoms with Crippen molar-refractivity contribution in [1.29, 1.82) is 0 Å². The Balaban J connectivity index is 1.04. The third-order valence-electron chi connectivity index (χ3n) is 11.4. The Hall–Kier alpha value is -7.26. The molecule has 0 amide bonds. The lowest BCUT2D eigenvalue weighted by atomic mass is 9.96. The molecule has 0 bridgehead atoms. The minimum Gasteiger partial charge on any atom is -0.310 e. The topological polar surface area (TPSA) is 3.24 Å². The van der Waals surface area contributed by atoms with Crippen LogP contribution in [-0.4, -0.2) is 0 Å². The number of para-hydroxylation sites is 1. The van der Waals surface area contributed by atoms with E-state index in [2.05, 4.69) is 229 Å². The Bertz CT molecular complexity index is 3290. The molecule has 0 unspecified atom stereocenters. The fraction of sp³-hybridized carbons (Fsp3) is 0. The van der Waals surface area contributed by atoms with Crippen molar-refractivity contribution in [2.24, 2.45) is 0 Å². The number of thiophene rings is 1. The highest BCUT2D eigenvalue weighted by atomic mass is 32.1. The van der Waals surface area contributed by atoms with Gasteiger partial charge >= 0.3 is 0 Å². The molecule has 0 N–H and O–H groups in total. The van der Waals surface area contributed by atoms with Crippen LogP contribution in [0.3, 0.4) is 0 Å². The lowest BCUT2D eigenvalue weighted by Gasteiger charge is -2.28. The summed E-state index contributed by atoms with van der Waals surface area (Å²) >= 11 is 1.86. The van der Waals surface area contributed by atoms with Crippen LogP contribution in [0.25, 0.3) is 86.2 Å². The first-order valence-electron chi connectivity index (χ1n) is 19.8. The molecule has 1 heterocycles. The Morgan fingerprint density at radius 3 is 1.72 bits per heavy atom. The first kappa shape index (κ1) is 34.0. The molecular formula is C56H37NS. The maximum Gasteiger partial charge on any atom is 0.0540 e.